The third-order valence-electron chi connectivity index (χ3n) is 2.62. The summed E-state index contributed by atoms with van der Waals surface area (Å²) in [4.78, 5) is 16.0. The van der Waals surface area contributed by atoms with Crippen LogP contribution >= 0.6 is 0 Å². The molecule has 0 bridgehead atoms. The number of rotatable bonds is 5. The molecule has 0 aromatic rings. The van der Waals surface area contributed by atoms with Crippen LogP contribution in [0.3, 0.4) is 0 Å². The fraction of sp³-hybridized carbons (Fsp3) is 0.889. The zero-order valence-electron chi connectivity index (χ0n) is 8.67. The quantitative estimate of drug-likeness (QED) is 0.319. The van der Waals surface area contributed by atoms with Gasteiger partial charge in [-0.05, 0) is 24.8 Å². The van der Waals surface area contributed by atoms with Crippen molar-refractivity contribution in [3.05, 3.63) is 10.4 Å². The van der Waals surface area contributed by atoms with Gasteiger partial charge in [0.15, 0.2) is 0 Å². The Labute approximate surface area is 88.5 Å². The molecule has 1 aliphatic heterocycles. The molecule has 1 atom stereocenters. The molecule has 1 heterocycles. The van der Waals surface area contributed by atoms with Crippen LogP contribution in [0.5, 0.6) is 0 Å². The minimum absolute atomic E-state index is 0.00281. The third kappa shape index (κ3) is 3.42. The van der Waals surface area contributed by atoms with Crippen molar-refractivity contribution in [2.45, 2.75) is 31.7 Å². The highest BCUT2D eigenvalue weighted by Crippen LogP contribution is 2.17. The lowest BCUT2D eigenvalue weighted by Crippen LogP contribution is -2.37. The molecule has 6 heteroatoms. The zero-order valence-corrected chi connectivity index (χ0v) is 8.67. The monoisotopic (exact) mass is 212 g/mol. The van der Waals surface area contributed by atoms with Crippen molar-refractivity contribution in [3.63, 3.8) is 0 Å². The summed E-state index contributed by atoms with van der Waals surface area (Å²) >= 11 is 0. The summed E-state index contributed by atoms with van der Waals surface area (Å²) in [5, 5.41) is 12.4. The Bertz CT molecular complexity index is 263. The van der Waals surface area contributed by atoms with Gasteiger partial charge in [0.05, 0.1) is 12.6 Å². The van der Waals surface area contributed by atoms with E-state index in [1.807, 2.05) is 0 Å². The highest BCUT2D eigenvalue weighted by molar-refractivity contribution is 5.76. The van der Waals surface area contributed by atoms with Crippen LogP contribution in [0.25, 0.3) is 10.4 Å². The first kappa shape index (κ1) is 11.8. The van der Waals surface area contributed by atoms with E-state index >= 15 is 0 Å². The van der Waals surface area contributed by atoms with Gasteiger partial charge in [0.2, 0.25) is 5.91 Å². The fourth-order valence-corrected chi connectivity index (χ4v) is 1.84. The molecule has 15 heavy (non-hydrogen) atoms. The lowest BCUT2D eigenvalue weighted by atomic mass is 10.2. The van der Waals surface area contributed by atoms with E-state index < -0.39 is 0 Å². The largest absolute Gasteiger partial charge is 0.394 e. The summed E-state index contributed by atoms with van der Waals surface area (Å²) in [5.74, 6) is 0.0553. The standard InChI is InChI=1S/C9H16N4O2/c10-12-11-5-1-4-9(15)13-6-2-3-8(13)7-14/h8,14H,1-7H2. The molecular formula is C9H16N4O2. The lowest BCUT2D eigenvalue weighted by Gasteiger charge is -2.22. The minimum Gasteiger partial charge on any atom is -0.394 e. The van der Waals surface area contributed by atoms with Crippen molar-refractivity contribution >= 4 is 5.91 Å². The maximum absolute atomic E-state index is 11.7. The van der Waals surface area contributed by atoms with E-state index in [1.54, 1.807) is 4.90 Å². The van der Waals surface area contributed by atoms with E-state index in [0.29, 0.717) is 19.4 Å². The first-order valence-electron chi connectivity index (χ1n) is 5.20. The van der Waals surface area contributed by atoms with Gasteiger partial charge in [0, 0.05) is 24.4 Å². The minimum atomic E-state index is -0.00281. The number of carbonyl (C=O) groups excluding carboxylic acids is 1. The molecule has 1 saturated heterocycles. The van der Waals surface area contributed by atoms with Gasteiger partial charge >= 0.3 is 0 Å². The van der Waals surface area contributed by atoms with Gasteiger partial charge in [-0.15, -0.1) is 0 Å². The Morgan fingerprint density at radius 3 is 3.13 bits per heavy atom. The second kappa shape index (κ2) is 6.27. The molecule has 0 saturated carbocycles. The average Bonchev–Trinajstić information content (AvgIpc) is 2.72. The van der Waals surface area contributed by atoms with Gasteiger partial charge in [-0.3, -0.25) is 4.79 Å². The predicted molar refractivity (Wildman–Crippen MR) is 55.1 cm³/mol. The molecule has 1 fully saturated rings. The van der Waals surface area contributed by atoms with Crippen LogP contribution in [-0.4, -0.2) is 41.7 Å². The molecule has 0 aromatic carbocycles. The second-order valence-corrected chi connectivity index (χ2v) is 3.62. The van der Waals surface area contributed by atoms with E-state index in [2.05, 4.69) is 10.0 Å². The summed E-state index contributed by atoms with van der Waals surface area (Å²) in [6.45, 7) is 1.15. The maximum Gasteiger partial charge on any atom is 0.222 e. The Morgan fingerprint density at radius 1 is 1.67 bits per heavy atom. The molecule has 1 aliphatic rings. The Morgan fingerprint density at radius 2 is 2.47 bits per heavy atom. The van der Waals surface area contributed by atoms with Crippen molar-refractivity contribution in [2.24, 2.45) is 5.11 Å². The van der Waals surface area contributed by atoms with Crippen LogP contribution < -0.4 is 0 Å². The van der Waals surface area contributed by atoms with E-state index in [9.17, 15) is 4.79 Å². The number of azide groups is 1. The second-order valence-electron chi connectivity index (χ2n) is 3.62. The molecule has 1 unspecified atom stereocenters. The van der Waals surface area contributed by atoms with Gasteiger partial charge in [0.25, 0.3) is 0 Å². The SMILES string of the molecule is [N-]=[N+]=NCCCC(=O)N1CCCC1CO. The predicted octanol–water partition coefficient (Wildman–Crippen LogP) is 1.06. The van der Waals surface area contributed by atoms with Crippen LogP contribution in [0.4, 0.5) is 0 Å². The highest BCUT2D eigenvalue weighted by Gasteiger charge is 2.27. The number of hydrogen-bond acceptors (Lipinski definition) is 3. The van der Waals surface area contributed by atoms with Crippen LogP contribution in [0.15, 0.2) is 5.11 Å². The Kier molecular flexibility index (Phi) is 4.93. The normalized spacial score (nSPS) is 20.1. The van der Waals surface area contributed by atoms with Crippen LogP contribution in [-0.2, 0) is 4.79 Å². The number of likely N-dealkylation sites (tertiary alicyclic amines) is 1. The summed E-state index contributed by atoms with van der Waals surface area (Å²) in [6, 6.07) is -0.00281. The molecule has 1 N–H and O–H groups in total. The third-order valence-corrected chi connectivity index (χ3v) is 2.62. The molecule has 0 aromatic heterocycles. The number of nitrogens with zero attached hydrogens (tertiary/aromatic N) is 4. The van der Waals surface area contributed by atoms with Crippen molar-refractivity contribution in [1.29, 1.82) is 0 Å². The summed E-state index contributed by atoms with van der Waals surface area (Å²) in [7, 11) is 0. The van der Waals surface area contributed by atoms with Gasteiger partial charge in [-0.25, -0.2) is 0 Å². The molecular weight excluding hydrogens is 196 g/mol. The first-order valence-corrected chi connectivity index (χ1v) is 5.20. The Balaban J connectivity index is 2.29. The number of carbonyl (C=O) groups is 1. The topological polar surface area (TPSA) is 89.3 Å². The summed E-state index contributed by atoms with van der Waals surface area (Å²) in [6.07, 6.45) is 2.83. The fourth-order valence-electron chi connectivity index (χ4n) is 1.84. The van der Waals surface area contributed by atoms with E-state index in [4.69, 9.17) is 10.6 Å². The molecule has 6 nitrogen and oxygen atoms in total. The maximum atomic E-state index is 11.7. The number of hydrogen-bond donors (Lipinski definition) is 1. The van der Waals surface area contributed by atoms with E-state index in [-0.39, 0.29) is 18.6 Å². The molecule has 1 amide bonds. The zero-order chi connectivity index (χ0) is 11.1. The molecule has 0 aliphatic carbocycles. The van der Waals surface area contributed by atoms with Gasteiger partial charge < -0.3 is 10.0 Å². The van der Waals surface area contributed by atoms with E-state index in [1.165, 1.54) is 0 Å². The van der Waals surface area contributed by atoms with Crippen molar-refractivity contribution in [1.82, 2.24) is 4.90 Å². The average molecular weight is 212 g/mol. The number of aliphatic hydroxyl groups is 1. The van der Waals surface area contributed by atoms with Gasteiger partial charge in [0.1, 0.15) is 0 Å². The summed E-state index contributed by atoms with van der Waals surface area (Å²) in [5.41, 5.74) is 8.05. The van der Waals surface area contributed by atoms with Gasteiger partial charge in [-0.2, -0.15) is 0 Å². The smallest absolute Gasteiger partial charge is 0.222 e. The van der Waals surface area contributed by atoms with Crippen molar-refractivity contribution in [2.75, 3.05) is 19.7 Å². The van der Waals surface area contributed by atoms with Crippen molar-refractivity contribution < 1.29 is 9.90 Å². The van der Waals surface area contributed by atoms with E-state index in [0.717, 1.165) is 19.4 Å². The molecule has 0 spiro atoms. The van der Waals surface area contributed by atoms with Crippen LogP contribution in [0, 0.1) is 0 Å². The van der Waals surface area contributed by atoms with Gasteiger partial charge in [-0.1, -0.05) is 5.11 Å². The summed E-state index contributed by atoms with van der Waals surface area (Å²) < 4.78 is 0. The molecule has 1 rings (SSSR count). The Hall–Kier alpha value is -1.26. The first-order chi connectivity index (χ1) is 7.29. The van der Waals surface area contributed by atoms with Crippen LogP contribution in [0.2, 0.25) is 0 Å². The lowest BCUT2D eigenvalue weighted by molar-refractivity contribution is -0.132. The number of amides is 1. The number of aliphatic hydroxyl groups excluding tert-OH is 1. The molecule has 84 valence electrons. The van der Waals surface area contributed by atoms with Crippen molar-refractivity contribution in [3.8, 4) is 0 Å². The molecule has 0 radical (unpaired) electrons. The van der Waals surface area contributed by atoms with Crippen LogP contribution in [0.1, 0.15) is 25.7 Å². The highest BCUT2D eigenvalue weighted by atomic mass is 16.3.